The lowest BCUT2D eigenvalue weighted by Gasteiger charge is -2.19. The van der Waals surface area contributed by atoms with Gasteiger partial charge >= 0.3 is 0 Å². The smallest absolute Gasteiger partial charge is 0.160 e. The predicted octanol–water partition coefficient (Wildman–Crippen LogP) is 7.06. The van der Waals surface area contributed by atoms with E-state index in [9.17, 15) is 4.39 Å². The number of hydrogen-bond acceptors (Lipinski definition) is 5. The van der Waals surface area contributed by atoms with Crippen LogP contribution < -0.4 is 5.32 Å². The summed E-state index contributed by atoms with van der Waals surface area (Å²) in [5.41, 5.74) is 4.34. The van der Waals surface area contributed by atoms with Crippen LogP contribution in [0, 0.1) is 5.82 Å². The first-order valence-corrected chi connectivity index (χ1v) is 12.5. The van der Waals surface area contributed by atoms with Crippen molar-refractivity contribution in [3.8, 4) is 22.4 Å². The molecule has 36 heavy (non-hydrogen) atoms. The van der Waals surface area contributed by atoms with Gasteiger partial charge in [0.05, 0.1) is 5.69 Å². The minimum absolute atomic E-state index is 0.344. The monoisotopic (exact) mass is 499 g/mol. The lowest BCUT2D eigenvalue weighted by molar-refractivity contribution is 0.316. The summed E-state index contributed by atoms with van der Waals surface area (Å²) in [6.07, 6.45) is 5.38. The molecule has 3 aromatic heterocycles. The SMILES string of the molecule is CCN(CC)CCNc1ccc(-c2cc(-c3cc(Cl)ccc3F)nc3ncccc23)c2ccncc12. The summed E-state index contributed by atoms with van der Waals surface area (Å²) < 4.78 is 14.8. The second-order valence-corrected chi connectivity index (χ2v) is 9.03. The molecule has 182 valence electrons. The fraction of sp³-hybridized carbons (Fsp3) is 0.207. The Kier molecular flexibility index (Phi) is 7.07. The van der Waals surface area contributed by atoms with Gasteiger partial charge in [0, 0.05) is 58.7 Å². The number of fused-ring (bicyclic) bond motifs is 2. The molecule has 0 atom stereocenters. The standard InChI is InChI=1S/C29H27ClFN5/c1-3-36(4-2)15-14-33-27-10-8-20(21-11-13-32-18-25(21)27)23-17-28(24-16-19(30)7-9-26(24)31)35-29-22(23)6-5-12-34-29/h5-13,16-18,33H,3-4,14-15H2,1-2H3. The average molecular weight is 500 g/mol. The van der Waals surface area contributed by atoms with E-state index in [0.717, 1.165) is 59.2 Å². The molecule has 5 rings (SSSR count). The highest BCUT2D eigenvalue weighted by molar-refractivity contribution is 6.30. The Balaban J connectivity index is 1.64. The third-order valence-corrected chi connectivity index (χ3v) is 6.77. The van der Waals surface area contributed by atoms with Gasteiger partial charge in [-0.05, 0) is 78.1 Å². The van der Waals surface area contributed by atoms with Gasteiger partial charge in [0.2, 0.25) is 0 Å². The number of anilines is 1. The molecule has 0 unspecified atom stereocenters. The second-order valence-electron chi connectivity index (χ2n) is 8.59. The topological polar surface area (TPSA) is 53.9 Å². The number of likely N-dealkylation sites (N-methyl/N-ethyl adjacent to an activating group) is 1. The molecule has 0 radical (unpaired) electrons. The molecule has 0 spiro atoms. The van der Waals surface area contributed by atoms with Gasteiger partial charge in [-0.1, -0.05) is 31.5 Å². The maximum Gasteiger partial charge on any atom is 0.160 e. The van der Waals surface area contributed by atoms with E-state index in [1.807, 2.05) is 30.5 Å². The van der Waals surface area contributed by atoms with E-state index >= 15 is 0 Å². The summed E-state index contributed by atoms with van der Waals surface area (Å²) in [6, 6.07) is 16.5. The summed E-state index contributed by atoms with van der Waals surface area (Å²) in [7, 11) is 0. The Morgan fingerprint density at radius 2 is 1.75 bits per heavy atom. The molecule has 0 bridgehead atoms. The van der Waals surface area contributed by atoms with Gasteiger partial charge in [-0.15, -0.1) is 0 Å². The lowest BCUT2D eigenvalue weighted by atomic mass is 9.95. The molecule has 3 heterocycles. The lowest BCUT2D eigenvalue weighted by Crippen LogP contribution is -2.28. The fourth-order valence-electron chi connectivity index (χ4n) is 4.58. The number of aromatic nitrogens is 3. The zero-order valence-corrected chi connectivity index (χ0v) is 21.1. The maximum atomic E-state index is 14.8. The summed E-state index contributed by atoms with van der Waals surface area (Å²) in [5, 5.41) is 7.00. The number of pyridine rings is 3. The van der Waals surface area contributed by atoms with Crippen LogP contribution in [-0.4, -0.2) is 46.0 Å². The van der Waals surface area contributed by atoms with Crippen molar-refractivity contribution >= 4 is 39.1 Å². The molecule has 0 aliphatic carbocycles. The van der Waals surface area contributed by atoms with E-state index < -0.39 is 0 Å². The first-order chi connectivity index (χ1) is 17.6. The Morgan fingerprint density at radius 3 is 2.58 bits per heavy atom. The van der Waals surface area contributed by atoms with Gasteiger partial charge in [-0.25, -0.2) is 14.4 Å². The predicted molar refractivity (Wildman–Crippen MR) is 147 cm³/mol. The zero-order valence-electron chi connectivity index (χ0n) is 20.3. The van der Waals surface area contributed by atoms with Crippen LogP contribution in [0.1, 0.15) is 13.8 Å². The number of rotatable bonds is 8. The Bertz CT molecular complexity index is 1530. The van der Waals surface area contributed by atoms with Gasteiger partial charge < -0.3 is 10.2 Å². The van der Waals surface area contributed by atoms with Crippen LogP contribution in [0.25, 0.3) is 44.2 Å². The third kappa shape index (κ3) is 4.74. The van der Waals surface area contributed by atoms with Crippen LogP contribution in [-0.2, 0) is 0 Å². The zero-order chi connectivity index (χ0) is 25.1. The summed E-state index contributed by atoms with van der Waals surface area (Å²) in [6.45, 7) is 8.21. The van der Waals surface area contributed by atoms with Crippen molar-refractivity contribution in [2.45, 2.75) is 13.8 Å². The average Bonchev–Trinajstić information content (AvgIpc) is 2.92. The molecule has 2 aromatic carbocycles. The van der Waals surface area contributed by atoms with Crippen LogP contribution in [0.2, 0.25) is 5.02 Å². The normalized spacial score (nSPS) is 11.5. The molecule has 0 saturated carbocycles. The van der Waals surface area contributed by atoms with Gasteiger partial charge in [-0.2, -0.15) is 0 Å². The summed E-state index contributed by atoms with van der Waals surface area (Å²) in [5.74, 6) is -0.380. The summed E-state index contributed by atoms with van der Waals surface area (Å²) >= 11 is 6.19. The molecule has 0 saturated heterocycles. The van der Waals surface area contributed by atoms with Crippen LogP contribution in [0.4, 0.5) is 10.1 Å². The molecule has 7 heteroatoms. The number of halogens is 2. The summed E-state index contributed by atoms with van der Waals surface area (Å²) in [4.78, 5) is 15.9. The molecular weight excluding hydrogens is 473 g/mol. The van der Waals surface area contributed by atoms with Crippen LogP contribution in [0.3, 0.4) is 0 Å². The number of benzene rings is 2. The molecule has 5 aromatic rings. The van der Waals surface area contributed by atoms with E-state index in [2.05, 4.69) is 51.1 Å². The molecule has 0 fully saturated rings. The van der Waals surface area contributed by atoms with Gasteiger partial charge in [-0.3, -0.25) is 4.98 Å². The van der Waals surface area contributed by atoms with Crippen molar-refractivity contribution in [1.29, 1.82) is 0 Å². The Hall–Kier alpha value is -3.61. The van der Waals surface area contributed by atoms with Crippen molar-refractivity contribution in [1.82, 2.24) is 19.9 Å². The highest BCUT2D eigenvalue weighted by Crippen LogP contribution is 2.38. The van der Waals surface area contributed by atoms with E-state index in [0.29, 0.717) is 21.9 Å². The van der Waals surface area contributed by atoms with E-state index in [4.69, 9.17) is 11.6 Å². The first kappa shape index (κ1) is 24.1. The molecule has 1 N–H and O–H groups in total. The van der Waals surface area contributed by atoms with Crippen molar-refractivity contribution in [2.24, 2.45) is 0 Å². The van der Waals surface area contributed by atoms with Crippen molar-refractivity contribution in [3.63, 3.8) is 0 Å². The molecule has 0 aliphatic heterocycles. The quantitative estimate of drug-likeness (QED) is 0.248. The molecule has 0 aliphatic rings. The fourth-order valence-corrected chi connectivity index (χ4v) is 4.75. The minimum atomic E-state index is -0.380. The van der Waals surface area contributed by atoms with Crippen molar-refractivity contribution < 1.29 is 4.39 Å². The molecular formula is C29H27ClFN5. The van der Waals surface area contributed by atoms with Crippen LogP contribution in [0.5, 0.6) is 0 Å². The van der Waals surface area contributed by atoms with E-state index in [1.54, 1.807) is 18.5 Å². The maximum absolute atomic E-state index is 14.8. The van der Waals surface area contributed by atoms with Crippen molar-refractivity contribution in [3.05, 3.63) is 84.0 Å². The van der Waals surface area contributed by atoms with Gasteiger partial charge in [0.15, 0.2) is 5.65 Å². The Labute approximate surface area is 215 Å². The van der Waals surface area contributed by atoms with Crippen LogP contribution in [0.15, 0.2) is 73.2 Å². The minimum Gasteiger partial charge on any atom is -0.383 e. The highest BCUT2D eigenvalue weighted by atomic mass is 35.5. The van der Waals surface area contributed by atoms with E-state index in [-0.39, 0.29) is 5.82 Å². The van der Waals surface area contributed by atoms with E-state index in [1.165, 1.54) is 12.1 Å². The number of nitrogens with zero attached hydrogens (tertiary/aromatic N) is 4. The third-order valence-electron chi connectivity index (χ3n) is 6.53. The van der Waals surface area contributed by atoms with Crippen molar-refractivity contribution in [2.75, 3.05) is 31.5 Å². The highest BCUT2D eigenvalue weighted by Gasteiger charge is 2.16. The number of hydrogen-bond donors (Lipinski definition) is 1. The van der Waals surface area contributed by atoms with Gasteiger partial charge in [0.25, 0.3) is 0 Å². The first-order valence-electron chi connectivity index (χ1n) is 12.1. The number of nitrogens with one attached hydrogen (secondary N) is 1. The molecule has 0 amide bonds. The largest absolute Gasteiger partial charge is 0.383 e. The van der Waals surface area contributed by atoms with Gasteiger partial charge in [0.1, 0.15) is 5.82 Å². The Morgan fingerprint density at radius 1 is 0.889 bits per heavy atom. The second kappa shape index (κ2) is 10.6. The molecule has 5 nitrogen and oxygen atoms in total. The van der Waals surface area contributed by atoms with Crippen LogP contribution >= 0.6 is 11.6 Å².